The van der Waals surface area contributed by atoms with Crippen molar-refractivity contribution in [2.75, 3.05) is 11.1 Å². The number of hydrogen-bond donors (Lipinski definition) is 1. The summed E-state index contributed by atoms with van der Waals surface area (Å²) < 4.78 is 15.7. The SMILES string of the molecule is C=CCn1c(SCC(=O)Nc2ccc(C)cc2F)nnc1-c1ccncc1. The summed E-state index contributed by atoms with van der Waals surface area (Å²) in [7, 11) is 0. The Bertz CT molecular complexity index is 958. The fraction of sp³-hybridized carbons (Fsp3) is 0.158. The third-order valence-corrected chi connectivity index (χ3v) is 4.66. The van der Waals surface area contributed by atoms with Crippen LogP contribution in [0.5, 0.6) is 0 Å². The van der Waals surface area contributed by atoms with Crippen LogP contribution in [-0.4, -0.2) is 31.4 Å². The number of thioether (sulfide) groups is 1. The predicted molar refractivity (Wildman–Crippen MR) is 104 cm³/mol. The highest BCUT2D eigenvalue weighted by Gasteiger charge is 2.15. The highest BCUT2D eigenvalue weighted by Crippen LogP contribution is 2.24. The average Bonchev–Trinajstić information content (AvgIpc) is 3.06. The summed E-state index contributed by atoms with van der Waals surface area (Å²) in [6.45, 7) is 6.05. The Morgan fingerprint density at radius 2 is 2.07 bits per heavy atom. The highest BCUT2D eigenvalue weighted by molar-refractivity contribution is 7.99. The van der Waals surface area contributed by atoms with Crippen LogP contribution in [0.1, 0.15) is 5.56 Å². The Morgan fingerprint density at radius 3 is 2.78 bits per heavy atom. The van der Waals surface area contributed by atoms with Gasteiger partial charge in [-0.05, 0) is 36.8 Å². The van der Waals surface area contributed by atoms with Crippen LogP contribution in [-0.2, 0) is 11.3 Å². The zero-order valence-corrected chi connectivity index (χ0v) is 15.5. The third kappa shape index (κ3) is 4.59. The highest BCUT2D eigenvalue weighted by atomic mass is 32.2. The Hall–Kier alpha value is -3.00. The Labute approximate surface area is 160 Å². The molecule has 1 amide bonds. The van der Waals surface area contributed by atoms with E-state index in [-0.39, 0.29) is 17.3 Å². The standard InChI is InChI=1S/C19H18FN5OS/c1-3-10-25-18(14-6-8-21-9-7-14)23-24-19(25)27-12-17(26)22-16-5-4-13(2)11-15(16)20/h3-9,11H,1,10,12H2,2H3,(H,22,26). The number of carbonyl (C=O) groups is 1. The summed E-state index contributed by atoms with van der Waals surface area (Å²) in [6, 6.07) is 8.35. The second-order valence-corrected chi connectivity index (χ2v) is 6.70. The normalized spacial score (nSPS) is 10.6. The number of pyridine rings is 1. The molecule has 0 aliphatic heterocycles. The van der Waals surface area contributed by atoms with Gasteiger partial charge in [-0.15, -0.1) is 16.8 Å². The lowest BCUT2D eigenvalue weighted by molar-refractivity contribution is -0.113. The molecule has 0 saturated carbocycles. The van der Waals surface area contributed by atoms with Crippen molar-refractivity contribution in [2.45, 2.75) is 18.6 Å². The van der Waals surface area contributed by atoms with E-state index in [0.29, 0.717) is 17.5 Å². The van der Waals surface area contributed by atoms with Gasteiger partial charge in [-0.3, -0.25) is 14.3 Å². The van der Waals surface area contributed by atoms with E-state index >= 15 is 0 Å². The number of carbonyl (C=O) groups excluding carboxylic acids is 1. The van der Waals surface area contributed by atoms with Crippen LogP contribution in [0.4, 0.5) is 10.1 Å². The molecule has 6 nitrogen and oxygen atoms in total. The fourth-order valence-electron chi connectivity index (χ4n) is 2.44. The smallest absolute Gasteiger partial charge is 0.234 e. The van der Waals surface area contributed by atoms with Crippen LogP contribution in [0.3, 0.4) is 0 Å². The molecule has 2 heterocycles. The van der Waals surface area contributed by atoms with E-state index in [1.54, 1.807) is 37.5 Å². The maximum Gasteiger partial charge on any atom is 0.234 e. The van der Waals surface area contributed by atoms with Crippen molar-refractivity contribution >= 4 is 23.4 Å². The van der Waals surface area contributed by atoms with Gasteiger partial charge in [0.05, 0.1) is 11.4 Å². The number of halogens is 1. The van der Waals surface area contributed by atoms with Gasteiger partial charge in [0.2, 0.25) is 5.91 Å². The van der Waals surface area contributed by atoms with Crippen molar-refractivity contribution < 1.29 is 9.18 Å². The topological polar surface area (TPSA) is 72.7 Å². The minimum absolute atomic E-state index is 0.0823. The molecule has 8 heteroatoms. The fourth-order valence-corrected chi connectivity index (χ4v) is 3.19. The molecular formula is C19H18FN5OS. The molecule has 0 fully saturated rings. The number of nitrogens with zero attached hydrogens (tertiary/aromatic N) is 4. The van der Waals surface area contributed by atoms with Gasteiger partial charge < -0.3 is 5.32 Å². The van der Waals surface area contributed by atoms with Crippen LogP contribution < -0.4 is 5.32 Å². The monoisotopic (exact) mass is 383 g/mol. The average molecular weight is 383 g/mol. The van der Waals surface area contributed by atoms with Crippen molar-refractivity contribution in [1.82, 2.24) is 19.7 Å². The number of aromatic nitrogens is 4. The number of rotatable bonds is 7. The van der Waals surface area contributed by atoms with E-state index in [0.717, 1.165) is 11.1 Å². The number of hydrogen-bond acceptors (Lipinski definition) is 5. The van der Waals surface area contributed by atoms with Crippen LogP contribution in [0.15, 0.2) is 60.5 Å². The van der Waals surface area contributed by atoms with Crippen LogP contribution in [0, 0.1) is 12.7 Å². The van der Waals surface area contributed by atoms with Gasteiger partial charge in [-0.1, -0.05) is 23.9 Å². The molecule has 0 bridgehead atoms. The summed E-state index contributed by atoms with van der Waals surface area (Å²) >= 11 is 1.23. The Morgan fingerprint density at radius 1 is 1.30 bits per heavy atom. The molecule has 0 radical (unpaired) electrons. The minimum Gasteiger partial charge on any atom is -0.323 e. The van der Waals surface area contributed by atoms with E-state index < -0.39 is 5.82 Å². The first-order chi connectivity index (χ1) is 13.1. The molecule has 3 aromatic rings. The van der Waals surface area contributed by atoms with Crippen molar-refractivity contribution in [2.24, 2.45) is 0 Å². The summed E-state index contributed by atoms with van der Waals surface area (Å²) in [6.07, 6.45) is 5.09. The molecule has 0 aliphatic carbocycles. The Kier molecular flexibility index (Phi) is 5.97. The first kappa shape index (κ1) is 18.8. The second kappa shape index (κ2) is 8.59. The summed E-state index contributed by atoms with van der Waals surface area (Å²) in [5.74, 6) is -0.0202. The van der Waals surface area contributed by atoms with Crippen molar-refractivity contribution in [3.05, 3.63) is 66.8 Å². The number of amides is 1. The van der Waals surface area contributed by atoms with Crippen LogP contribution in [0.25, 0.3) is 11.4 Å². The zero-order chi connectivity index (χ0) is 19.2. The van der Waals surface area contributed by atoms with Crippen molar-refractivity contribution in [1.29, 1.82) is 0 Å². The molecule has 0 saturated heterocycles. The van der Waals surface area contributed by atoms with Gasteiger partial charge >= 0.3 is 0 Å². The number of aryl methyl sites for hydroxylation is 1. The van der Waals surface area contributed by atoms with Crippen molar-refractivity contribution in [3.63, 3.8) is 0 Å². The van der Waals surface area contributed by atoms with Gasteiger partial charge in [0.1, 0.15) is 5.82 Å². The van der Waals surface area contributed by atoms with Gasteiger partial charge in [0.25, 0.3) is 0 Å². The molecule has 1 aromatic carbocycles. The predicted octanol–water partition coefficient (Wildman–Crippen LogP) is 3.70. The minimum atomic E-state index is -0.455. The maximum atomic E-state index is 13.9. The first-order valence-electron chi connectivity index (χ1n) is 8.22. The van der Waals surface area contributed by atoms with E-state index in [1.807, 2.05) is 16.7 Å². The first-order valence-corrected chi connectivity index (χ1v) is 9.20. The lowest BCUT2D eigenvalue weighted by Crippen LogP contribution is -2.15. The number of allylic oxidation sites excluding steroid dienone is 1. The second-order valence-electron chi connectivity index (χ2n) is 5.76. The number of anilines is 1. The van der Waals surface area contributed by atoms with Gasteiger partial charge in [0, 0.05) is 24.5 Å². The molecule has 1 N–H and O–H groups in total. The molecular weight excluding hydrogens is 365 g/mol. The summed E-state index contributed by atoms with van der Waals surface area (Å²) in [5.41, 5.74) is 1.83. The van der Waals surface area contributed by atoms with E-state index in [2.05, 4.69) is 27.1 Å². The van der Waals surface area contributed by atoms with Gasteiger partial charge in [0.15, 0.2) is 11.0 Å². The molecule has 0 atom stereocenters. The number of benzene rings is 1. The molecule has 0 spiro atoms. The van der Waals surface area contributed by atoms with Gasteiger partial charge in [-0.25, -0.2) is 4.39 Å². The van der Waals surface area contributed by atoms with Crippen LogP contribution in [0.2, 0.25) is 0 Å². The summed E-state index contributed by atoms with van der Waals surface area (Å²) in [5, 5.41) is 11.6. The van der Waals surface area contributed by atoms with E-state index in [9.17, 15) is 9.18 Å². The summed E-state index contributed by atoms with van der Waals surface area (Å²) in [4.78, 5) is 16.2. The van der Waals surface area contributed by atoms with E-state index in [4.69, 9.17) is 0 Å². The lowest BCUT2D eigenvalue weighted by atomic mass is 10.2. The largest absolute Gasteiger partial charge is 0.323 e. The Balaban J connectivity index is 1.71. The molecule has 27 heavy (non-hydrogen) atoms. The molecule has 0 unspecified atom stereocenters. The number of nitrogens with one attached hydrogen (secondary N) is 1. The zero-order valence-electron chi connectivity index (χ0n) is 14.7. The lowest BCUT2D eigenvalue weighted by Gasteiger charge is -2.09. The quantitative estimate of drug-likeness (QED) is 0.497. The maximum absolute atomic E-state index is 13.9. The molecule has 2 aromatic heterocycles. The van der Waals surface area contributed by atoms with E-state index in [1.165, 1.54) is 17.8 Å². The third-order valence-electron chi connectivity index (χ3n) is 3.70. The van der Waals surface area contributed by atoms with Crippen LogP contribution >= 0.6 is 11.8 Å². The molecule has 3 rings (SSSR count). The molecule has 0 aliphatic rings. The molecule has 138 valence electrons. The van der Waals surface area contributed by atoms with Gasteiger partial charge in [-0.2, -0.15) is 0 Å². The van der Waals surface area contributed by atoms with Crippen molar-refractivity contribution in [3.8, 4) is 11.4 Å².